The summed E-state index contributed by atoms with van der Waals surface area (Å²) in [4.78, 5) is 17.2. The highest BCUT2D eigenvalue weighted by Crippen LogP contribution is 2.21. The number of nitrogens with two attached hydrogens (primary N) is 1. The Labute approximate surface area is 167 Å². The highest BCUT2D eigenvalue weighted by molar-refractivity contribution is 5.85. The van der Waals surface area contributed by atoms with Crippen LogP contribution in [0.5, 0.6) is 0 Å². The number of rotatable bonds is 5. The lowest BCUT2D eigenvalue weighted by Crippen LogP contribution is -2.08. The molecule has 4 aromatic heterocycles. The third kappa shape index (κ3) is 3.68. The molecule has 4 heterocycles. The van der Waals surface area contributed by atoms with E-state index in [9.17, 15) is 5.26 Å². The minimum Gasteiger partial charge on any atom is -0.384 e. The molecule has 0 spiro atoms. The second-order valence-corrected chi connectivity index (χ2v) is 6.68. The lowest BCUT2D eigenvalue weighted by Gasteiger charge is -2.12. The van der Waals surface area contributed by atoms with E-state index in [0.29, 0.717) is 41.6 Å². The molecule has 0 aliphatic heterocycles. The predicted octanol–water partition coefficient (Wildman–Crippen LogP) is 2.35. The monoisotopic (exact) mass is 385 g/mol. The van der Waals surface area contributed by atoms with Crippen molar-refractivity contribution in [3.8, 4) is 6.07 Å². The number of pyridine rings is 2. The molecule has 4 aromatic rings. The van der Waals surface area contributed by atoms with Crippen LogP contribution in [0.25, 0.3) is 11.0 Å². The Morgan fingerprint density at radius 1 is 1.24 bits per heavy atom. The summed E-state index contributed by atoms with van der Waals surface area (Å²) in [7, 11) is 0. The van der Waals surface area contributed by atoms with E-state index in [1.54, 1.807) is 23.0 Å². The van der Waals surface area contributed by atoms with Gasteiger partial charge in [0.15, 0.2) is 5.65 Å². The second kappa shape index (κ2) is 7.52. The van der Waals surface area contributed by atoms with Gasteiger partial charge in [-0.15, -0.1) is 0 Å². The first kappa shape index (κ1) is 18.3. The van der Waals surface area contributed by atoms with Crippen molar-refractivity contribution in [3.63, 3.8) is 0 Å². The zero-order valence-corrected chi connectivity index (χ0v) is 16.1. The number of anilines is 2. The number of nitrogens with zero attached hydrogens (tertiary/aromatic N) is 7. The summed E-state index contributed by atoms with van der Waals surface area (Å²) < 4.78 is 1.72. The van der Waals surface area contributed by atoms with Crippen molar-refractivity contribution in [1.82, 2.24) is 29.7 Å². The van der Waals surface area contributed by atoms with E-state index in [0.717, 1.165) is 22.2 Å². The second-order valence-electron chi connectivity index (χ2n) is 6.68. The molecule has 0 radical (unpaired) electrons. The molecule has 0 amide bonds. The summed E-state index contributed by atoms with van der Waals surface area (Å²) in [5.41, 5.74) is 10.6. The van der Waals surface area contributed by atoms with Crippen LogP contribution in [0.4, 0.5) is 11.6 Å². The van der Waals surface area contributed by atoms with E-state index in [4.69, 9.17) is 5.73 Å². The first-order chi connectivity index (χ1) is 14.0. The third-order valence-corrected chi connectivity index (χ3v) is 4.69. The Bertz CT molecular complexity index is 1210. The topological polar surface area (TPSA) is 131 Å². The molecule has 4 rings (SSSR count). The van der Waals surface area contributed by atoms with E-state index in [2.05, 4.69) is 36.4 Å². The quantitative estimate of drug-likeness (QED) is 0.535. The minimum absolute atomic E-state index is 0.375. The molecule has 0 atom stereocenters. The van der Waals surface area contributed by atoms with E-state index in [1.165, 1.54) is 6.33 Å². The standard InChI is InChI=1S/C20H19N9/c1-12-6-18(22)27-13(2)15(12)8-24-19-16-9-29(28-20(16)26-11-25-19)10-17-14(7-21)4-3-5-23-17/h3-6,9,11H,8,10H2,1-2H3,(H2,22,27)(H,24,25,26,28). The molecule has 0 aliphatic carbocycles. The van der Waals surface area contributed by atoms with E-state index in [-0.39, 0.29) is 0 Å². The number of hydrogen-bond acceptors (Lipinski definition) is 8. The number of fused-ring (bicyclic) bond motifs is 1. The molecule has 0 saturated heterocycles. The lowest BCUT2D eigenvalue weighted by atomic mass is 10.1. The number of aryl methyl sites for hydroxylation is 2. The van der Waals surface area contributed by atoms with Crippen molar-refractivity contribution >= 4 is 22.7 Å². The molecule has 9 nitrogen and oxygen atoms in total. The molecule has 9 heteroatoms. The van der Waals surface area contributed by atoms with Gasteiger partial charge in [-0.2, -0.15) is 10.4 Å². The third-order valence-electron chi connectivity index (χ3n) is 4.69. The SMILES string of the molecule is Cc1cc(N)nc(C)c1CNc1ncnc2nn(Cc3ncccc3C#N)cc12. The van der Waals surface area contributed by atoms with Gasteiger partial charge < -0.3 is 11.1 Å². The van der Waals surface area contributed by atoms with Crippen LogP contribution in [0.3, 0.4) is 0 Å². The fourth-order valence-corrected chi connectivity index (χ4v) is 3.25. The Morgan fingerprint density at radius 3 is 2.90 bits per heavy atom. The molecule has 0 aliphatic rings. The molecule has 0 bridgehead atoms. The average molecular weight is 385 g/mol. The smallest absolute Gasteiger partial charge is 0.186 e. The number of aromatic nitrogens is 6. The largest absolute Gasteiger partial charge is 0.384 e. The van der Waals surface area contributed by atoms with Gasteiger partial charge in [0.25, 0.3) is 0 Å². The van der Waals surface area contributed by atoms with Gasteiger partial charge in [0, 0.05) is 24.6 Å². The predicted molar refractivity (Wildman–Crippen MR) is 109 cm³/mol. The van der Waals surface area contributed by atoms with Crippen LogP contribution in [0.2, 0.25) is 0 Å². The van der Waals surface area contributed by atoms with E-state index in [1.807, 2.05) is 26.1 Å². The summed E-state index contributed by atoms with van der Waals surface area (Å²) in [5.74, 6) is 1.19. The van der Waals surface area contributed by atoms with Gasteiger partial charge in [-0.1, -0.05) is 0 Å². The molecule has 0 aromatic carbocycles. The molecule has 29 heavy (non-hydrogen) atoms. The lowest BCUT2D eigenvalue weighted by molar-refractivity contribution is 0.677. The fraction of sp³-hybridized carbons (Fsp3) is 0.200. The summed E-state index contributed by atoms with van der Waals surface area (Å²) in [5, 5.41) is 17.9. The van der Waals surface area contributed by atoms with Gasteiger partial charge in [0.05, 0.1) is 23.2 Å². The number of nitrogens with one attached hydrogen (secondary N) is 1. The molecule has 0 unspecified atom stereocenters. The van der Waals surface area contributed by atoms with Crippen LogP contribution in [0.1, 0.15) is 28.1 Å². The normalized spacial score (nSPS) is 10.8. The maximum absolute atomic E-state index is 9.26. The van der Waals surface area contributed by atoms with Gasteiger partial charge in [-0.25, -0.2) is 15.0 Å². The molecular formula is C20H19N9. The first-order valence-corrected chi connectivity index (χ1v) is 9.03. The summed E-state index contributed by atoms with van der Waals surface area (Å²) in [6, 6.07) is 7.49. The zero-order valence-electron chi connectivity index (χ0n) is 16.1. The molecular weight excluding hydrogens is 366 g/mol. The number of nitrogen functional groups attached to an aromatic ring is 1. The maximum atomic E-state index is 9.26. The van der Waals surface area contributed by atoms with Crippen LogP contribution >= 0.6 is 0 Å². The fourth-order valence-electron chi connectivity index (χ4n) is 3.25. The van der Waals surface area contributed by atoms with Gasteiger partial charge in [-0.3, -0.25) is 9.67 Å². The number of nitriles is 1. The van der Waals surface area contributed by atoms with Crippen LogP contribution in [0.15, 0.2) is 36.9 Å². The highest BCUT2D eigenvalue weighted by atomic mass is 15.3. The van der Waals surface area contributed by atoms with Crippen LogP contribution in [-0.2, 0) is 13.1 Å². The Kier molecular flexibility index (Phi) is 4.75. The van der Waals surface area contributed by atoms with Gasteiger partial charge in [0.2, 0.25) is 0 Å². The van der Waals surface area contributed by atoms with Crippen molar-refractivity contribution in [3.05, 3.63) is 65.0 Å². The van der Waals surface area contributed by atoms with Crippen LogP contribution in [0, 0.1) is 25.2 Å². The Morgan fingerprint density at radius 2 is 2.10 bits per heavy atom. The van der Waals surface area contributed by atoms with Gasteiger partial charge >= 0.3 is 0 Å². The summed E-state index contributed by atoms with van der Waals surface area (Å²) in [6.07, 6.45) is 5.00. The van der Waals surface area contributed by atoms with Crippen molar-refractivity contribution < 1.29 is 0 Å². The Balaban J connectivity index is 1.61. The van der Waals surface area contributed by atoms with E-state index < -0.39 is 0 Å². The number of hydrogen-bond donors (Lipinski definition) is 2. The minimum atomic E-state index is 0.375. The van der Waals surface area contributed by atoms with Crippen molar-refractivity contribution in [2.75, 3.05) is 11.1 Å². The molecule has 0 fully saturated rings. The van der Waals surface area contributed by atoms with Gasteiger partial charge in [0.1, 0.15) is 24.0 Å². The Hall–Kier alpha value is -4.06. The summed E-state index contributed by atoms with van der Waals surface area (Å²) in [6.45, 7) is 4.88. The molecule has 144 valence electrons. The van der Waals surface area contributed by atoms with Crippen LogP contribution in [-0.4, -0.2) is 29.7 Å². The van der Waals surface area contributed by atoms with Crippen molar-refractivity contribution in [2.24, 2.45) is 0 Å². The van der Waals surface area contributed by atoms with Gasteiger partial charge in [-0.05, 0) is 43.2 Å². The summed E-state index contributed by atoms with van der Waals surface area (Å²) >= 11 is 0. The zero-order chi connectivity index (χ0) is 20.4. The first-order valence-electron chi connectivity index (χ1n) is 9.03. The van der Waals surface area contributed by atoms with Crippen LogP contribution < -0.4 is 11.1 Å². The molecule has 3 N–H and O–H groups in total. The average Bonchev–Trinajstić information content (AvgIpc) is 3.11. The highest BCUT2D eigenvalue weighted by Gasteiger charge is 2.12. The van der Waals surface area contributed by atoms with Crippen molar-refractivity contribution in [1.29, 1.82) is 5.26 Å². The maximum Gasteiger partial charge on any atom is 0.186 e. The van der Waals surface area contributed by atoms with Crippen molar-refractivity contribution in [2.45, 2.75) is 26.9 Å². The molecule has 0 saturated carbocycles. The van der Waals surface area contributed by atoms with E-state index >= 15 is 0 Å².